The third kappa shape index (κ3) is 1.81. The molecule has 3 heterocycles. The molecule has 0 fully saturated rings. The maximum atomic E-state index is 13.2. The lowest BCUT2D eigenvalue weighted by Crippen LogP contribution is -2.51. The van der Waals surface area contributed by atoms with Gasteiger partial charge in [0.25, 0.3) is 5.91 Å². The van der Waals surface area contributed by atoms with Gasteiger partial charge in [0.15, 0.2) is 0 Å². The predicted octanol–water partition coefficient (Wildman–Crippen LogP) is 3.32. The van der Waals surface area contributed by atoms with Crippen molar-refractivity contribution in [3.8, 4) is 5.75 Å². The molecule has 2 aliphatic rings. The fourth-order valence-corrected chi connectivity index (χ4v) is 4.31. The molecule has 0 unspecified atom stereocenters. The van der Waals surface area contributed by atoms with Crippen LogP contribution in [0.1, 0.15) is 27.8 Å². The van der Waals surface area contributed by atoms with Gasteiger partial charge in [-0.2, -0.15) is 0 Å². The molecule has 5 rings (SSSR count). The number of amides is 1. The van der Waals surface area contributed by atoms with Crippen LogP contribution in [0.15, 0.2) is 42.5 Å². The number of H-pyrrole nitrogens is 1. The minimum Gasteiger partial charge on any atom is -0.496 e. The van der Waals surface area contributed by atoms with E-state index in [0.29, 0.717) is 17.9 Å². The molecule has 0 spiro atoms. The minimum atomic E-state index is -0.108. The highest BCUT2D eigenvalue weighted by Gasteiger charge is 2.42. The number of carbonyl (C=O) groups is 1. The molecule has 3 aromatic rings. The van der Waals surface area contributed by atoms with Crippen molar-refractivity contribution >= 4 is 22.5 Å². The van der Waals surface area contributed by atoms with Gasteiger partial charge in [-0.3, -0.25) is 4.79 Å². The van der Waals surface area contributed by atoms with Crippen LogP contribution in [0.25, 0.3) is 10.9 Å². The van der Waals surface area contributed by atoms with Gasteiger partial charge in [0.05, 0.1) is 18.5 Å². The fraction of sp³-hybridized carbons (Fsp3) is 0.250. The first-order valence-electron chi connectivity index (χ1n) is 8.51. The van der Waals surface area contributed by atoms with Gasteiger partial charge in [0.1, 0.15) is 17.5 Å². The van der Waals surface area contributed by atoms with Crippen LogP contribution < -0.4 is 9.64 Å². The maximum Gasteiger partial charge on any atom is 0.261 e. The fourth-order valence-electron chi connectivity index (χ4n) is 4.31. The molecule has 1 atom stereocenters. The van der Waals surface area contributed by atoms with Crippen molar-refractivity contribution in [2.75, 3.05) is 25.6 Å². The molecule has 1 N–H and O–H groups in total. The lowest BCUT2D eigenvalue weighted by atomic mass is 9.95. The summed E-state index contributed by atoms with van der Waals surface area (Å²) in [6, 6.07) is 14.1. The summed E-state index contributed by atoms with van der Waals surface area (Å²) in [7, 11) is 3.66. The Balaban J connectivity index is 1.73. The lowest BCUT2D eigenvalue weighted by Gasteiger charge is -2.46. The van der Waals surface area contributed by atoms with Gasteiger partial charge in [-0.1, -0.05) is 24.3 Å². The van der Waals surface area contributed by atoms with E-state index in [1.807, 2.05) is 36.2 Å². The number of para-hydroxylation sites is 1. The summed E-state index contributed by atoms with van der Waals surface area (Å²) in [5, 5.41) is 1.26. The van der Waals surface area contributed by atoms with Gasteiger partial charge in [-0.15, -0.1) is 0 Å². The Kier molecular flexibility index (Phi) is 2.89. The quantitative estimate of drug-likeness (QED) is 0.743. The number of carbonyl (C=O) groups excluding carboxylic acids is 1. The smallest absolute Gasteiger partial charge is 0.261 e. The molecule has 0 bridgehead atoms. The molecular weight excluding hydrogens is 314 g/mol. The molecule has 2 aliphatic heterocycles. The summed E-state index contributed by atoms with van der Waals surface area (Å²) in [5.41, 5.74) is 5.15. The van der Waals surface area contributed by atoms with E-state index >= 15 is 0 Å². The summed E-state index contributed by atoms with van der Waals surface area (Å²) in [6.07, 6.45) is 0.753. The number of methoxy groups -OCH3 is 1. The van der Waals surface area contributed by atoms with E-state index < -0.39 is 0 Å². The van der Waals surface area contributed by atoms with Crippen LogP contribution in [0, 0.1) is 0 Å². The number of hydrogen-bond donors (Lipinski definition) is 1. The van der Waals surface area contributed by atoms with Crippen molar-refractivity contribution in [1.82, 2.24) is 9.88 Å². The number of nitrogens with one attached hydrogen (secondary N) is 1. The zero-order valence-corrected chi connectivity index (χ0v) is 14.2. The lowest BCUT2D eigenvalue weighted by molar-refractivity contribution is 0.0630. The number of benzene rings is 2. The van der Waals surface area contributed by atoms with Crippen LogP contribution >= 0.6 is 0 Å². The number of aromatic nitrogens is 1. The number of fused-ring (bicyclic) bond motifs is 6. The monoisotopic (exact) mass is 333 g/mol. The molecule has 0 saturated carbocycles. The van der Waals surface area contributed by atoms with E-state index in [0.717, 1.165) is 23.3 Å². The van der Waals surface area contributed by atoms with Gasteiger partial charge in [-0.25, -0.2) is 0 Å². The molecule has 2 aromatic carbocycles. The first-order valence-corrected chi connectivity index (χ1v) is 8.51. The summed E-state index contributed by atoms with van der Waals surface area (Å²) >= 11 is 0. The second-order valence-corrected chi connectivity index (χ2v) is 6.65. The van der Waals surface area contributed by atoms with Crippen LogP contribution in [0.5, 0.6) is 5.75 Å². The number of rotatable bonds is 1. The standard InChI is InChI=1S/C20H19N3O2/c1-22-15-8-5-9-16(25-2)17(15)20(24)23-11-10-13-12-6-3-4-7-14(12)21-18(13)19(22)23/h3-9,19,21H,10-11H2,1-2H3/t19-/m1/s1. The highest BCUT2D eigenvalue weighted by molar-refractivity contribution is 6.05. The van der Waals surface area contributed by atoms with Crippen LogP contribution in [-0.4, -0.2) is 36.5 Å². The van der Waals surface area contributed by atoms with Gasteiger partial charge < -0.3 is 19.5 Å². The van der Waals surface area contributed by atoms with Crippen molar-refractivity contribution in [1.29, 1.82) is 0 Å². The maximum absolute atomic E-state index is 13.2. The van der Waals surface area contributed by atoms with E-state index in [2.05, 4.69) is 28.1 Å². The molecule has 25 heavy (non-hydrogen) atoms. The van der Waals surface area contributed by atoms with Crippen LogP contribution in [0.2, 0.25) is 0 Å². The molecular formula is C20H19N3O2. The second kappa shape index (κ2) is 5.02. The number of aromatic amines is 1. The van der Waals surface area contributed by atoms with E-state index in [4.69, 9.17) is 4.74 Å². The normalized spacial score (nSPS) is 18.8. The highest BCUT2D eigenvalue weighted by atomic mass is 16.5. The third-order valence-electron chi connectivity index (χ3n) is 5.45. The Labute approximate surface area is 145 Å². The van der Waals surface area contributed by atoms with E-state index in [9.17, 15) is 4.79 Å². The predicted molar refractivity (Wildman–Crippen MR) is 97.2 cm³/mol. The van der Waals surface area contributed by atoms with Gasteiger partial charge >= 0.3 is 0 Å². The Morgan fingerprint density at radius 1 is 1.16 bits per heavy atom. The average molecular weight is 333 g/mol. The summed E-state index contributed by atoms with van der Waals surface area (Å²) < 4.78 is 5.45. The molecule has 0 saturated heterocycles. The SMILES string of the molecule is COc1cccc2c1C(=O)N1CCc3c([nH]c4ccccc34)[C@@H]1N2C. The highest BCUT2D eigenvalue weighted by Crippen LogP contribution is 2.45. The van der Waals surface area contributed by atoms with Crippen molar-refractivity contribution in [3.63, 3.8) is 0 Å². The van der Waals surface area contributed by atoms with Crippen molar-refractivity contribution < 1.29 is 9.53 Å². The summed E-state index contributed by atoms with van der Waals surface area (Å²) in [4.78, 5) is 20.9. The molecule has 0 aliphatic carbocycles. The Hall–Kier alpha value is -2.95. The number of anilines is 1. The molecule has 0 radical (unpaired) electrons. The van der Waals surface area contributed by atoms with Gasteiger partial charge in [0.2, 0.25) is 0 Å². The number of nitrogens with zero attached hydrogens (tertiary/aromatic N) is 2. The molecule has 1 aromatic heterocycles. The van der Waals surface area contributed by atoms with E-state index in [1.54, 1.807) is 7.11 Å². The third-order valence-corrected chi connectivity index (χ3v) is 5.45. The zero-order chi connectivity index (χ0) is 17.1. The molecule has 1 amide bonds. The Bertz CT molecular complexity index is 1010. The molecule has 5 heteroatoms. The zero-order valence-electron chi connectivity index (χ0n) is 14.2. The topological polar surface area (TPSA) is 48.6 Å². The van der Waals surface area contributed by atoms with Crippen LogP contribution in [0.4, 0.5) is 5.69 Å². The van der Waals surface area contributed by atoms with Gasteiger partial charge in [-0.05, 0) is 30.2 Å². The van der Waals surface area contributed by atoms with Crippen molar-refractivity contribution in [3.05, 3.63) is 59.3 Å². The number of hydrogen-bond acceptors (Lipinski definition) is 3. The van der Waals surface area contributed by atoms with Crippen molar-refractivity contribution in [2.24, 2.45) is 0 Å². The Morgan fingerprint density at radius 3 is 2.84 bits per heavy atom. The summed E-state index contributed by atoms with van der Waals surface area (Å²) in [5.74, 6) is 0.676. The van der Waals surface area contributed by atoms with Gasteiger partial charge in [0, 0.05) is 24.5 Å². The largest absolute Gasteiger partial charge is 0.496 e. The average Bonchev–Trinajstić information content (AvgIpc) is 3.03. The second-order valence-electron chi connectivity index (χ2n) is 6.65. The van der Waals surface area contributed by atoms with E-state index in [-0.39, 0.29) is 12.1 Å². The molecule has 126 valence electrons. The Morgan fingerprint density at radius 2 is 2.00 bits per heavy atom. The number of ether oxygens (including phenoxy) is 1. The van der Waals surface area contributed by atoms with E-state index in [1.165, 1.54) is 10.9 Å². The minimum absolute atomic E-state index is 0.0415. The van der Waals surface area contributed by atoms with Crippen LogP contribution in [-0.2, 0) is 6.42 Å². The van der Waals surface area contributed by atoms with Crippen molar-refractivity contribution in [2.45, 2.75) is 12.6 Å². The van der Waals surface area contributed by atoms with Crippen LogP contribution in [0.3, 0.4) is 0 Å². The first kappa shape index (κ1) is 14.4. The molecule has 5 nitrogen and oxygen atoms in total. The summed E-state index contributed by atoms with van der Waals surface area (Å²) in [6.45, 7) is 0.709. The first-order chi connectivity index (χ1) is 12.2.